The zero-order chi connectivity index (χ0) is 18.0. The highest BCUT2D eigenvalue weighted by Crippen LogP contribution is 2.36. The summed E-state index contributed by atoms with van der Waals surface area (Å²) in [6.45, 7) is 8.81. The Kier molecular flexibility index (Phi) is 4.54. The number of nitrogens with two attached hydrogens (primary N) is 1. The number of benzene rings is 3. The summed E-state index contributed by atoms with van der Waals surface area (Å²) in [5.41, 5.74) is 12.8. The van der Waals surface area contributed by atoms with E-state index in [9.17, 15) is 0 Å². The van der Waals surface area contributed by atoms with Gasteiger partial charge in [0.05, 0.1) is 0 Å². The van der Waals surface area contributed by atoms with Gasteiger partial charge in [-0.15, -0.1) is 0 Å². The van der Waals surface area contributed by atoms with E-state index in [1.165, 1.54) is 11.1 Å². The van der Waals surface area contributed by atoms with Crippen molar-refractivity contribution >= 4 is 22.7 Å². The molecule has 0 bridgehead atoms. The number of hydrogen-bond acceptors (Lipinski definition) is 2. The van der Waals surface area contributed by atoms with Crippen molar-refractivity contribution in [3.05, 3.63) is 83.9 Å². The quantitative estimate of drug-likeness (QED) is 0.567. The maximum absolute atomic E-state index is 6.03. The number of aryl methyl sites for hydroxylation is 1. The van der Waals surface area contributed by atoms with Crippen LogP contribution in [0.2, 0.25) is 0 Å². The molecule has 2 N–H and O–H groups in total. The Morgan fingerprint density at radius 1 is 0.720 bits per heavy atom. The number of hydrogen-bond donors (Lipinski definition) is 1. The molecule has 0 aliphatic heterocycles. The van der Waals surface area contributed by atoms with Gasteiger partial charge in [0.2, 0.25) is 0 Å². The van der Waals surface area contributed by atoms with Crippen LogP contribution in [0.15, 0.2) is 72.8 Å². The van der Waals surface area contributed by atoms with Crippen LogP contribution in [0.25, 0.3) is 0 Å². The van der Waals surface area contributed by atoms with Gasteiger partial charge in [-0.2, -0.15) is 0 Å². The van der Waals surface area contributed by atoms with Gasteiger partial charge in [-0.05, 0) is 60.4 Å². The van der Waals surface area contributed by atoms with Gasteiger partial charge in [0, 0.05) is 22.7 Å². The lowest BCUT2D eigenvalue weighted by Gasteiger charge is -2.27. The molecule has 0 aliphatic rings. The molecule has 128 valence electrons. The van der Waals surface area contributed by atoms with Crippen LogP contribution in [0.4, 0.5) is 22.7 Å². The molecule has 0 aliphatic carbocycles. The summed E-state index contributed by atoms with van der Waals surface area (Å²) < 4.78 is 0. The van der Waals surface area contributed by atoms with Crippen molar-refractivity contribution in [3.8, 4) is 0 Å². The Morgan fingerprint density at radius 2 is 1.28 bits per heavy atom. The second-order valence-electron chi connectivity index (χ2n) is 7.56. The standard InChI is InChI=1S/C23H26N2/c1-17-8-12-20(13-9-17)25(22-7-5-6-19(24)16-22)21-14-10-18(11-15-21)23(2,3)4/h5-16H,24H2,1-4H3. The third-order valence-electron chi connectivity index (χ3n) is 4.41. The average molecular weight is 330 g/mol. The highest BCUT2D eigenvalue weighted by Gasteiger charge is 2.16. The molecule has 2 heteroatoms. The molecule has 0 spiro atoms. The van der Waals surface area contributed by atoms with Crippen LogP contribution in [0.3, 0.4) is 0 Å². The third kappa shape index (κ3) is 3.85. The summed E-state index contributed by atoms with van der Waals surface area (Å²) in [6.07, 6.45) is 0. The lowest BCUT2D eigenvalue weighted by atomic mass is 9.87. The van der Waals surface area contributed by atoms with E-state index in [1.54, 1.807) is 0 Å². The van der Waals surface area contributed by atoms with Gasteiger partial charge in [0.25, 0.3) is 0 Å². The second-order valence-corrected chi connectivity index (χ2v) is 7.56. The second kappa shape index (κ2) is 6.64. The summed E-state index contributed by atoms with van der Waals surface area (Å²) >= 11 is 0. The van der Waals surface area contributed by atoms with Crippen molar-refractivity contribution in [1.82, 2.24) is 0 Å². The normalized spacial score (nSPS) is 11.4. The molecule has 0 saturated heterocycles. The number of nitrogen functional groups attached to an aromatic ring is 1. The molecule has 0 radical (unpaired) electrons. The largest absolute Gasteiger partial charge is 0.399 e. The fourth-order valence-corrected chi connectivity index (χ4v) is 2.92. The first-order chi connectivity index (χ1) is 11.8. The van der Waals surface area contributed by atoms with Crippen molar-refractivity contribution in [1.29, 1.82) is 0 Å². The number of nitrogens with zero attached hydrogens (tertiary/aromatic N) is 1. The van der Waals surface area contributed by atoms with Crippen molar-refractivity contribution < 1.29 is 0 Å². The van der Waals surface area contributed by atoms with Gasteiger partial charge >= 0.3 is 0 Å². The van der Waals surface area contributed by atoms with E-state index in [4.69, 9.17) is 5.73 Å². The van der Waals surface area contributed by atoms with E-state index in [2.05, 4.69) is 87.2 Å². The fourth-order valence-electron chi connectivity index (χ4n) is 2.92. The van der Waals surface area contributed by atoms with E-state index < -0.39 is 0 Å². The first-order valence-corrected chi connectivity index (χ1v) is 8.67. The topological polar surface area (TPSA) is 29.3 Å². The minimum atomic E-state index is 0.143. The summed E-state index contributed by atoms with van der Waals surface area (Å²) in [5.74, 6) is 0. The average Bonchev–Trinajstić information content (AvgIpc) is 2.57. The predicted molar refractivity (Wildman–Crippen MR) is 109 cm³/mol. The predicted octanol–water partition coefficient (Wildman–Crippen LogP) is 6.34. The van der Waals surface area contributed by atoms with Gasteiger partial charge in [-0.1, -0.05) is 56.7 Å². The summed E-state index contributed by atoms with van der Waals surface area (Å²) in [4.78, 5) is 2.24. The molecule has 2 nitrogen and oxygen atoms in total. The first kappa shape index (κ1) is 17.1. The molecule has 0 saturated carbocycles. The highest BCUT2D eigenvalue weighted by atomic mass is 15.1. The van der Waals surface area contributed by atoms with Crippen LogP contribution in [0.5, 0.6) is 0 Å². The molecule has 0 aromatic heterocycles. The molecule has 0 heterocycles. The smallest absolute Gasteiger partial charge is 0.0482 e. The van der Waals surface area contributed by atoms with Crippen LogP contribution in [0.1, 0.15) is 31.9 Å². The minimum Gasteiger partial charge on any atom is -0.399 e. The Balaban J connectivity index is 2.09. The van der Waals surface area contributed by atoms with E-state index in [1.807, 2.05) is 18.2 Å². The van der Waals surface area contributed by atoms with Crippen LogP contribution in [-0.4, -0.2) is 0 Å². The highest BCUT2D eigenvalue weighted by molar-refractivity contribution is 5.78. The maximum atomic E-state index is 6.03. The van der Waals surface area contributed by atoms with Gasteiger partial charge in [0.1, 0.15) is 0 Å². The van der Waals surface area contributed by atoms with Crippen molar-refractivity contribution in [2.24, 2.45) is 0 Å². The molecule has 0 amide bonds. The lowest BCUT2D eigenvalue weighted by molar-refractivity contribution is 0.590. The van der Waals surface area contributed by atoms with Gasteiger partial charge in [-0.3, -0.25) is 0 Å². The molecule has 0 fully saturated rings. The van der Waals surface area contributed by atoms with Crippen molar-refractivity contribution in [2.75, 3.05) is 10.6 Å². The van der Waals surface area contributed by atoms with E-state index in [-0.39, 0.29) is 5.41 Å². The summed E-state index contributed by atoms with van der Waals surface area (Å²) in [5, 5.41) is 0. The fraction of sp³-hybridized carbons (Fsp3) is 0.217. The molecule has 3 aromatic rings. The molecule has 3 aromatic carbocycles. The minimum absolute atomic E-state index is 0.143. The van der Waals surface area contributed by atoms with E-state index in [0.717, 1.165) is 22.7 Å². The molecule has 25 heavy (non-hydrogen) atoms. The van der Waals surface area contributed by atoms with Crippen LogP contribution < -0.4 is 10.6 Å². The molecular weight excluding hydrogens is 304 g/mol. The van der Waals surface area contributed by atoms with Gasteiger partial charge in [0.15, 0.2) is 0 Å². The van der Waals surface area contributed by atoms with Crippen LogP contribution in [0, 0.1) is 6.92 Å². The first-order valence-electron chi connectivity index (χ1n) is 8.67. The van der Waals surface area contributed by atoms with Gasteiger partial charge in [-0.25, -0.2) is 0 Å². The maximum Gasteiger partial charge on any atom is 0.0482 e. The Morgan fingerprint density at radius 3 is 1.80 bits per heavy atom. The van der Waals surface area contributed by atoms with Crippen LogP contribution >= 0.6 is 0 Å². The van der Waals surface area contributed by atoms with Crippen molar-refractivity contribution in [2.45, 2.75) is 33.1 Å². The SMILES string of the molecule is Cc1ccc(N(c2ccc(C(C)(C)C)cc2)c2cccc(N)c2)cc1. The van der Waals surface area contributed by atoms with E-state index >= 15 is 0 Å². The summed E-state index contributed by atoms with van der Waals surface area (Å²) in [7, 11) is 0. The van der Waals surface area contributed by atoms with Crippen molar-refractivity contribution in [3.63, 3.8) is 0 Å². The number of anilines is 4. The molecule has 0 unspecified atom stereocenters. The Hall–Kier alpha value is -2.74. The van der Waals surface area contributed by atoms with Gasteiger partial charge < -0.3 is 10.6 Å². The number of rotatable bonds is 3. The van der Waals surface area contributed by atoms with E-state index in [0.29, 0.717) is 0 Å². The van der Waals surface area contributed by atoms with Crippen LogP contribution in [-0.2, 0) is 5.41 Å². The zero-order valence-corrected chi connectivity index (χ0v) is 15.5. The Labute approximate surface area is 150 Å². The Bertz CT molecular complexity index is 841. The molecule has 3 rings (SSSR count). The lowest BCUT2D eigenvalue weighted by Crippen LogP contribution is -2.13. The third-order valence-corrected chi connectivity index (χ3v) is 4.41. The monoisotopic (exact) mass is 330 g/mol. The zero-order valence-electron chi connectivity index (χ0n) is 15.5. The summed E-state index contributed by atoms with van der Waals surface area (Å²) in [6, 6.07) is 25.4. The molecular formula is C23H26N2. The molecule has 0 atom stereocenters.